The second-order valence-electron chi connectivity index (χ2n) is 8.62. The molecule has 39 heavy (non-hydrogen) atoms. The van der Waals surface area contributed by atoms with Crippen LogP contribution in [0.15, 0.2) is 84.2 Å². The predicted octanol–water partition coefficient (Wildman–Crippen LogP) is 7.24. The summed E-state index contributed by atoms with van der Waals surface area (Å²) in [7, 11) is 0. The molecule has 1 atom stereocenters. The molecule has 0 radical (unpaired) electrons. The molecular weight excluding hydrogens is 557 g/mol. The molecule has 0 fully saturated rings. The number of rotatable bonds is 10. The maximum absolute atomic E-state index is 13.9. The average molecular weight is 583 g/mol. The number of ether oxygens (including phenoxy) is 1. The fraction of sp³-hybridized carbons (Fsp3) is 0.167. The lowest BCUT2D eigenvalue weighted by Gasteiger charge is -2.30. The first-order valence-electron chi connectivity index (χ1n) is 12.2. The Balaban J connectivity index is 1.79. The largest absolute Gasteiger partial charge is 0.480 e. The van der Waals surface area contributed by atoms with E-state index in [0.717, 1.165) is 5.56 Å². The minimum atomic E-state index is -1.19. The fourth-order valence-electron chi connectivity index (χ4n) is 4.27. The van der Waals surface area contributed by atoms with Crippen LogP contribution in [0.2, 0.25) is 10.0 Å². The monoisotopic (exact) mass is 581 g/mol. The minimum absolute atomic E-state index is 0.0221. The fourth-order valence-corrected chi connectivity index (χ4v) is 5.65. The van der Waals surface area contributed by atoms with Gasteiger partial charge in [-0.1, -0.05) is 71.7 Å². The summed E-state index contributed by atoms with van der Waals surface area (Å²) in [6.07, 6.45) is 0.0905. The van der Waals surface area contributed by atoms with E-state index >= 15 is 0 Å². The van der Waals surface area contributed by atoms with E-state index in [0.29, 0.717) is 26.6 Å². The van der Waals surface area contributed by atoms with Crippen molar-refractivity contribution < 1.29 is 24.2 Å². The van der Waals surface area contributed by atoms with Crippen molar-refractivity contribution in [1.82, 2.24) is 4.90 Å². The quantitative estimate of drug-likeness (QED) is 0.199. The Labute approximate surface area is 240 Å². The molecule has 0 saturated heterocycles. The molecule has 1 N–H and O–H groups in total. The van der Waals surface area contributed by atoms with Gasteiger partial charge in [-0.2, -0.15) is 0 Å². The number of carbonyl (C=O) groups is 3. The summed E-state index contributed by atoms with van der Waals surface area (Å²) in [5.74, 6) is -2.15. The molecule has 0 aliphatic heterocycles. The van der Waals surface area contributed by atoms with Crippen LogP contribution >= 0.6 is 34.5 Å². The third-order valence-corrected chi connectivity index (χ3v) is 7.58. The number of carbonyl (C=O) groups excluding carboxylic acids is 2. The van der Waals surface area contributed by atoms with Crippen molar-refractivity contribution >= 4 is 52.4 Å². The Bertz CT molecular complexity index is 1490. The molecule has 9 heteroatoms. The Morgan fingerprint density at radius 2 is 1.64 bits per heavy atom. The highest BCUT2D eigenvalue weighted by Crippen LogP contribution is 2.34. The van der Waals surface area contributed by atoms with Crippen LogP contribution < -0.4 is 0 Å². The Morgan fingerprint density at radius 1 is 0.923 bits per heavy atom. The van der Waals surface area contributed by atoms with E-state index in [9.17, 15) is 19.5 Å². The van der Waals surface area contributed by atoms with Gasteiger partial charge in [-0.3, -0.25) is 4.79 Å². The number of thiophene rings is 1. The van der Waals surface area contributed by atoms with Crippen LogP contribution in [0, 0.1) is 0 Å². The van der Waals surface area contributed by atoms with E-state index < -0.39 is 23.9 Å². The van der Waals surface area contributed by atoms with Crippen LogP contribution in [-0.2, 0) is 22.5 Å². The molecule has 200 valence electrons. The number of carboxylic acids is 1. The summed E-state index contributed by atoms with van der Waals surface area (Å²) in [5, 5.41) is 12.6. The molecule has 0 bridgehead atoms. The lowest BCUT2D eigenvalue weighted by Crippen LogP contribution is -2.46. The summed E-state index contributed by atoms with van der Waals surface area (Å²) in [5.41, 5.74) is 2.65. The number of carboxylic acid groups (broad SMARTS) is 1. The zero-order chi connectivity index (χ0) is 27.9. The highest BCUT2D eigenvalue weighted by Gasteiger charge is 2.33. The lowest BCUT2D eigenvalue weighted by molar-refractivity contribution is -0.142. The molecule has 0 spiro atoms. The summed E-state index contributed by atoms with van der Waals surface area (Å²) in [4.78, 5) is 41.2. The summed E-state index contributed by atoms with van der Waals surface area (Å²) in [6, 6.07) is 21.3. The van der Waals surface area contributed by atoms with Gasteiger partial charge in [0.25, 0.3) is 5.91 Å². The van der Waals surface area contributed by atoms with Crippen LogP contribution in [0.3, 0.4) is 0 Å². The van der Waals surface area contributed by atoms with Crippen LogP contribution in [0.25, 0.3) is 11.1 Å². The van der Waals surface area contributed by atoms with E-state index in [4.69, 9.17) is 27.9 Å². The van der Waals surface area contributed by atoms with Crippen LogP contribution in [0.4, 0.5) is 0 Å². The molecule has 1 aromatic heterocycles. The van der Waals surface area contributed by atoms with E-state index in [-0.39, 0.29) is 30.2 Å². The van der Waals surface area contributed by atoms with Gasteiger partial charge < -0.3 is 14.7 Å². The van der Waals surface area contributed by atoms with Gasteiger partial charge in [0.05, 0.1) is 29.3 Å². The molecule has 0 aliphatic rings. The number of hydrogen-bond donors (Lipinski definition) is 1. The first-order chi connectivity index (χ1) is 18.8. The molecule has 1 unspecified atom stereocenters. The molecule has 4 aromatic rings. The maximum atomic E-state index is 13.9. The third-order valence-electron chi connectivity index (χ3n) is 6.13. The maximum Gasteiger partial charge on any atom is 0.338 e. The highest BCUT2D eigenvalue weighted by molar-refractivity contribution is 7.10. The molecular formula is C30H25Cl2NO5S. The van der Waals surface area contributed by atoms with Crippen LogP contribution in [0.5, 0.6) is 0 Å². The molecule has 3 aromatic carbocycles. The standard InChI is InChI=1S/C30H25Cl2NO5S/c1-2-38-30(37)23-11-7-6-10-21(23)22-14-15-39-27(22)18-33(28(34)24-13-12-20(31)17-25(24)32)26(29(35)36)16-19-8-4-3-5-9-19/h3-15,17,26H,2,16,18H2,1H3,(H,35,36). The van der Waals surface area contributed by atoms with Crippen molar-refractivity contribution in [2.24, 2.45) is 0 Å². The molecule has 1 heterocycles. The van der Waals surface area contributed by atoms with Crippen molar-refractivity contribution in [3.8, 4) is 11.1 Å². The first kappa shape index (κ1) is 28.4. The lowest BCUT2D eigenvalue weighted by atomic mass is 9.99. The number of esters is 1. The zero-order valence-electron chi connectivity index (χ0n) is 21.0. The smallest absolute Gasteiger partial charge is 0.338 e. The van der Waals surface area contributed by atoms with Gasteiger partial charge in [-0.25, -0.2) is 9.59 Å². The number of halogens is 2. The molecule has 0 saturated carbocycles. The van der Waals surface area contributed by atoms with Gasteiger partial charge in [0.2, 0.25) is 0 Å². The topological polar surface area (TPSA) is 83.9 Å². The van der Waals surface area contributed by atoms with Gasteiger partial charge in [-0.05, 0) is 59.3 Å². The van der Waals surface area contributed by atoms with Gasteiger partial charge >= 0.3 is 11.9 Å². The van der Waals surface area contributed by atoms with E-state index in [1.165, 1.54) is 34.4 Å². The van der Waals surface area contributed by atoms with Gasteiger partial charge in [-0.15, -0.1) is 11.3 Å². The van der Waals surface area contributed by atoms with Crippen LogP contribution in [0.1, 0.15) is 38.1 Å². The molecule has 4 rings (SSSR count). The van der Waals surface area contributed by atoms with Crippen molar-refractivity contribution in [2.45, 2.75) is 25.9 Å². The third kappa shape index (κ3) is 6.68. The zero-order valence-corrected chi connectivity index (χ0v) is 23.3. The Kier molecular flexibility index (Phi) is 9.41. The number of nitrogens with zero attached hydrogens (tertiary/aromatic N) is 1. The van der Waals surface area contributed by atoms with E-state index in [1.54, 1.807) is 25.1 Å². The second-order valence-corrected chi connectivity index (χ2v) is 10.5. The predicted molar refractivity (Wildman–Crippen MR) is 154 cm³/mol. The number of aliphatic carboxylic acids is 1. The van der Waals surface area contributed by atoms with Gasteiger partial charge in [0.1, 0.15) is 6.04 Å². The number of amides is 1. The first-order valence-corrected chi connectivity index (χ1v) is 13.8. The Hall–Kier alpha value is -3.65. The SMILES string of the molecule is CCOC(=O)c1ccccc1-c1ccsc1CN(C(=O)c1ccc(Cl)cc1Cl)C(Cc1ccccc1)C(=O)O. The Morgan fingerprint density at radius 3 is 2.33 bits per heavy atom. The van der Waals surface area contributed by atoms with E-state index in [2.05, 4.69) is 0 Å². The summed E-state index contributed by atoms with van der Waals surface area (Å²) >= 11 is 13.8. The van der Waals surface area contributed by atoms with Crippen molar-refractivity contribution in [3.05, 3.63) is 116 Å². The minimum Gasteiger partial charge on any atom is -0.480 e. The van der Waals surface area contributed by atoms with Crippen molar-refractivity contribution in [1.29, 1.82) is 0 Å². The van der Waals surface area contributed by atoms with Crippen molar-refractivity contribution in [2.75, 3.05) is 6.61 Å². The normalized spacial score (nSPS) is 11.6. The van der Waals surface area contributed by atoms with Gasteiger partial charge in [0.15, 0.2) is 0 Å². The number of benzene rings is 3. The van der Waals surface area contributed by atoms with E-state index in [1.807, 2.05) is 47.8 Å². The van der Waals surface area contributed by atoms with Gasteiger partial charge in [0, 0.05) is 16.3 Å². The summed E-state index contributed by atoms with van der Waals surface area (Å²) < 4.78 is 5.24. The highest BCUT2D eigenvalue weighted by atomic mass is 35.5. The number of hydrogen-bond acceptors (Lipinski definition) is 5. The molecule has 1 amide bonds. The van der Waals surface area contributed by atoms with Crippen molar-refractivity contribution in [3.63, 3.8) is 0 Å². The average Bonchev–Trinajstić information content (AvgIpc) is 3.39. The molecule has 0 aliphatic carbocycles. The molecule has 6 nitrogen and oxygen atoms in total. The van der Waals surface area contributed by atoms with Crippen LogP contribution in [-0.4, -0.2) is 40.5 Å². The summed E-state index contributed by atoms with van der Waals surface area (Å²) in [6.45, 7) is 1.94. The second kappa shape index (κ2) is 12.9.